The van der Waals surface area contributed by atoms with Gasteiger partial charge in [0.25, 0.3) is 0 Å². The number of nitrogens with two attached hydrogens (primary N) is 1. The Kier molecular flexibility index (Phi) is 4.65. The third kappa shape index (κ3) is 3.24. The van der Waals surface area contributed by atoms with Gasteiger partial charge in [0.05, 0.1) is 24.6 Å². The average molecular weight is 452 g/mol. The van der Waals surface area contributed by atoms with Crippen molar-refractivity contribution in [1.29, 1.82) is 0 Å². The number of ether oxygens (including phenoxy) is 1. The summed E-state index contributed by atoms with van der Waals surface area (Å²) in [4.78, 5) is 9.68. The number of rotatable bonds is 4. The number of methoxy groups -OCH3 is 1. The summed E-state index contributed by atoms with van der Waals surface area (Å²) < 4.78 is 7.46. The number of para-hydroxylation sites is 1. The maximum absolute atomic E-state index is 9.76. The van der Waals surface area contributed by atoms with Gasteiger partial charge >= 0.3 is 0 Å². The number of aromatic nitrogens is 4. The number of fused-ring (bicyclic) bond motifs is 3. The zero-order valence-electron chi connectivity index (χ0n) is 19.1. The van der Waals surface area contributed by atoms with E-state index >= 15 is 0 Å². The summed E-state index contributed by atoms with van der Waals surface area (Å²) in [5, 5.41) is 15.3. The second-order valence-electron chi connectivity index (χ2n) is 9.11. The van der Waals surface area contributed by atoms with Crippen molar-refractivity contribution in [3.05, 3.63) is 78.1 Å². The predicted molar refractivity (Wildman–Crippen MR) is 132 cm³/mol. The van der Waals surface area contributed by atoms with Crippen LogP contribution < -0.4 is 10.5 Å². The van der Waals surface area contributed by atoms with E-state index in [4.69, 9.17) is 15.5 Å². The molecule has 0 saturated heterocycles. The molecule has 0 bridgehead atoms. The molecule has 0 aliphatic heterocycles. The first kappa shape index (κ1) is 20.8. The first-order valence-corrected chi connectivity index (χ1v) is 11.3. The van der Waals surface area contributed by atoms with Crippen LogP contribution in [-0.4, -0.2) is 37.9 Å². The molecule has 0 spiro atoms. The molecule has 1 aliphatic rings. The fourth-order valence-electron chi connectivity index (χ4n) is 4.92. The van der Waals surface area contributed by atoms with Crippen molar-refractivity contribution >= 4 is 16.7 Å². The molecule has 0 unspecified atom stereocenters. The van der Waals surface area contributed by atoms with E-state index in [9.17, 15) is 5.11 Å². The quantitative estimate of drug-likeness (QED) is 0.424. The highest BCUT2D eigenvalue weighted by molar-refractivity contribution is 5.92. The molecular weight excluding hydrogens is 426 g/mol. The Balaban J connectivity index is 1.58. The molecule has 1 saturated carbocycles. The highest BCUT2D eigenvalue weighted by Crippen LogP contribution is 2.41. The zero-order chi connectivity index (χ0) is 23.4. The van der Waals surface area contributed by atoms with Gasteiger partial charge in [-0.2, -0.15) is 9.61 Å². The molecule has 6 rings (SSSR count). The molecule has 1 aliphatic carbocycles. The summed E-state index contributed by atoms with van der Waals surface area (Å²) in [6, 6.07) is 20.2. The molecule has 170 valence electrons. The number of nitrogens with zero attached hydrogens (tertiary/aromatic N) is 4. The van der Waals surface area contributed by atoms with E-state index in [-0.39, 0.29) is 6.10 Å². The molecule has 0 amide bonds. The Morgan fingerprint density at radius 1 is 1.06 bits per heavy atom. The van der Waals surface area contributed by atoms with E-state index in [1.165, 1.54) is 0 Å². The standard InChI is InChI=1S/C27H25N5O2/c1-16-11-24-29-15-18-12-22(21-5-3-4-6-23(21)34-2)25(30-26(18)32(24)31-16)17-7-9-19(10-8-17)27(28)13-20(33)14-27/h3-12,15,20,33H,13-14,28H2,1-2H3. The lowest BCUT2D eigenvalue weighted by atomic mass is 9.70. The van der Waals surface area contributed by atoms with Gasteiger partial charge < -0.3 is 15.6 Å². The van der Waals surface area contributed by atoms with Gasteiger partial charge in [-0.1, -0.05) is 42.5 Å². The summed E-state index contributed by atoms with van der Waals surface area (Å²) in [7, 11) is 1.67. The number of aliphatic hydroxyl groups excluding tert-OH is 1. The number of hydrogen-bond donors (Lipinski definition) is 2. The van der Waals surface area contributed by atoms with E-state index < -0.39 is 5.54 Å². The molecule has 3 aromatic heterocycles. The molecule has 34 heavy (non-hydrogen) atoms. The highest BCUT2D eigenvalue weighted by Gasteiger charge is 2.41. The van der Waals surface area contributed by atoms with Gasteiger partial charge in [0.2, 0.25) is 0 Å². The number of aliphatic hydroxyl groups is 1. The van der Waals surface area contributed by atoms with E-state index in [2.05, 4.69) is 28.3 Å². The van der Waals surface area contributed by atoms with Crippen LogP contribution in [0.2, 0.25) is 0 Å². The van der Waals surface area contributed by atoms with Crippen LogP contribution >= 0.6 is 0 Å². The molecule has 3 heterocycles. The van der Waals surface area contributed by atoms with E-state index in [0.717, 1.165) is 56.1 Å². The van der Waals surface area contributed by atoms with Crippen molar-refractivity contribution in [2.75, 3.05) is 7.11 Å². The third-order valence-corrected chi connectivity index (χ3v) is 6.71. The van der Waals surface area contributed by atoms with E-state index in [0.29, 0.717) is 12.8 Å². The fourth-order valence-corrected chi connectivity index (χ4v) is 4.92. The number of pyridine rings is 1. The maximum atomic E-state index is 9.76. The second kappa shape index (κ2) is 7.62. The maximum Gasteiger partial charge on any atom is 0.165 e. The van der Waals surface area contributed by atoms with Crippen molar-refractivity contribution in [2.45, 2.75) is 31.4 Å². The lowest BCUT2D eigenvalue weighted by Crippen LogP contribution is -2.51. The minimum Gasteiger partial charge on any atom is -0.496 e. The van der Waals surface area contributed by atoms with Crippen molar-refractivity contribution in [2.24, 2.45) is 5.73 Å². The SMILES string of the molecule is COc1ccccc1-c1cc2cnc3cc(C)nn3c2nc1-c1ccc(C2(N)CC(O)C2)cc1. The van der Waals surface area contributed by atoms with Gasteiger partial charge in [-0.3, -0.25) is 0 Å². The van der Waals surface area contributed by atoms with Crippen LogP contribution in [0, 0.1) is 6.92 Å². The Morgan fingerprint density at radius 2 is 1.82 bits per heavy atom. The van der Waals surface area contributed by atoms with Gasteiger partial charge in [0.15, 0.2) is 11.3 Å². The van der Waals surface area contributed by atoms with Crippen LogP contribution in [0.3, 0.4) is 0 Å². The Morgan fingerprint density at radius 3 is 2.56 bits per heavy atom. The Hall–Kier alpha value is -3.81. The molecule has 7 heteroatoms. The van der Waals surface area contributed by atoms with Gasteiger partial charge in [-0.25, -0.2) is 9.97 Å². The van der Waals surface area contributed by atoms with Crippen molar-refractivity contribution in [3.63, 3.8) is 0 Å². The number of benzene rings is 2. The first-order valence-electron chi connectivity index (χ1n) is 11.3. The second-order valence-corrected chi connectivity index (χ2v) is 9.11. The molecule has 2 aromatic carbocycles. The van der Waals surface area contributed by atoms with Crippen LogP contribution in [-0.2, 0) is 5.54 Å². The molecule has 3 N–H and O–H groups in total. The van der Waals surface area contributed by atoms with Gasteiger partial charge in [-0.05, 0) is 37.5 Å². The molecule has 1 fully saturated rings. The molecule has 0 radical (unpaired) electrons. The highest BCUT2D eigenvalue weighted by atomic mass is 16.5. The number of hydrogen-bond acceptors (Lipinski definition) is 6. The van der Waals surface area contributed by atoms with Crippen LogP contribution in [0.1, 0.15) is 24.1 Å². The summed E-state index contributed by atoms with van der Waals surface area (Å²) in [6.45, 7) is 1.95. The third-order valence-electron chi connectivity index (χ3n) is 6.71. The van der Waals surface area contributed by atoms with Crippen LogP contribution in [0.15, 0.2) is 66.9 Å². The normalized spacial score (nSPS) is 19.9. The van der Waals surface area contributed by atoms with Crippen LogP contribution in [0.5, 0.6) is 5.75 Å². The van der Waals surface area contributed by atoms with Crippen molar-refractivity contribution in [1.82, 2.24) is 19.6 Å². The average Bonchev–Trinajstić information content (AvgIpc) is 3.23. The zero-order valence-corrected chi connectivity index (χ0v) is 19.1. The van der Waals surface area contributed by atoms with Crippen LogP contribution in [0.25, 0.3) is 39.1 Å². The van der Waals surface area contributed by atoms with Gasteiger partial charge in [0, 0.05) is 39.9 Å². The summed E-state index contributed by atoms with van der Waals surface area (Å²) in [5.41, 5.74) is 13.1. The lowest BCUT2D eigenvalue weighted by molar-refractivity contribution is 0.0209. The molecule has 7 nitrogen and oxygen atoms in total. The number of aryl methyl sites for hydroxylation is 1. The summed E-state index contributed by atoms with van der Waals surface area (Å²) in [5.74, 6) is 0.773. The largest absolute Gasteiger partial charge is 0.496 e. The van der Waals surface area contributed by atoms with Crippen molar-refractivity contribution < 1.29 is 9.84 Å². The topological polar surface area (TPSA) is 98.6 Å². The van der Waals surface area contributed by atoms with Crippen molar-refractivity contribution in [3.8, 4) is 28.1 Å². The minimum absolute atomic E-state index is 0.322. The van der Waals surface area contributed by atoms with Gasteiger partial charge in [0.1, 0.15) is 5.75 Å². The predicted octanol–water partition coefficient (Wildman–Crippen LogP) is 4.24. The summed E-state index contributed by atoms with van der Waals surface area (Å²) in [6.07, 6.45) is 2.68. The summed E-state index contributed by atoms with van der Waals surface area (Å²) >= 11 is 0. The van der Waals surface area contributed by atoms with Gasteiger partial charge in [-0.15, -0.1) is 0 Å². The Bertz CT molecular complexity index is 1530. The minimum atomic E-state index is -0.468. The monoisotopic (exact) mass is 451 g/mol. The van der Waals surface area contributed by atoms with E-state index in [1.54, 1.807) is 11.6 Å². The molecule has 5 aromatic rings. The Labute approximate surface area is 196 Å². The lowest BCUT2D eigenvalue weighted by Gasteiger charge is -2.42. The van der Waals surface area contributed by atoms with E-state index in [1.807, 2.05) is 55.6 Å². The van der Waals surface area contributed by atoms with Crippen LogP contribution in [0.4, 0.5) is 0 Å². The smallest absolute Gasteiger partial charge is 0.165 e. The fraction of sp³-hybridized carbons (Fsp3) is 0.222. The molecular formula is C27H25N5O2. The molecule has 0 atom stereocenters. The first-order chi connectivity index (χ1) is 16.4.